The highest BCUT2D eigenvalue weighted by Crippen LogP contribution is 2.12. The predicted molar refractivity (Wildman–Crippen MR) is 93.5 cm³/mol. The molecule has 0 bridgehead atoms. The Bertz CT molecular complexity index is 741. The van der Waals surface area contributed by atoms with Crippen LogP contribution in [0.2, 0.25) is 0 Å². The number of nitrogens with one attached hydrogen (secondary N) is 1. The molecule has 1 fully saturated rings. The molecule has 0 radical (unpaired) electrons. The van der Waals surface area contributed by atoms with Gasteiger partial charge in [0.15, 0.2) is 5.82 Å². The predicted octanol–water partition coefficient (Wildman–Crippen LogP) is 1.71. The monoisotopic (exact) mass is 341 g/mol. The van der Waals surface area contributed by atoms with Gasteiger partial charge in [-0.3, -0.25) is 9.59 Å². The van der Waals surface area contributed by atoms with Crippen molar-refractivity contribution in [2.45, 2.75) is 32.6 Å². The maximum absolute atomic E-state index is 12.4. The van der Waals surface area contributed by atoms with Crippen molar-refractivity contribution < 1.29 is 9.59 Å². The first-order valence-electron chi connectivity index (χ1n) is 8.69. The average molecular weight is 341 g/mol. The van der Waals surface area contributed by atoms with Crippen LogP contribution in [0.3, 0.4) is 0 Å². The molecular weight excluding hydrogens is 318 g/mol. The van der Waals surface area contributed by atoms with Crippen molar-refractivity contribution >= 4 is 11.8 Å². The molecule has 2 amide bonds. The van der Waals surface area contributed by atoms with Crippen LogP contribution in [0.25, 0.3) is 5.82 Å². The number of nitrogens with zero attached hydrogens (tertiary/aromatic N) is 4. The molecule has 7 heteroatoms. The number of aromatic nitrogens is 3. The molecule has 0 saturated carbocycles. The van der Waals surface area contributed by atoms with Crippen LogP contribution >= 0.6 is 0 Å². The summed E-state index contributed by atoms with van der Waals surface area (Å²) in [6, 6.07) is 5.55. The van der Waals surface area contributed by atoms with Crippen LogP contribution in [0.5, 0.6) is 0 Å². The second kappa shape index (κ2) is 7.92. The lowest BCUT2D eigenvalue weighted by atomic mass is 10.2. The normalized spacial score (nSPS) is 15.1. The zero-order chi connectivity index (χ0) is 17.6. The Morgan fingerprint density at radius 3 is 2.96 bits per heavy atom. The number of carbonyl (C=O) groups is 2. The van der Waals surface area contributed by atoms with Gasteiger partial charge in [-0.05, 0) is 31.9 Å². The average Bonchev–Trinajstić information content (AvgIpc) is 2.89. The van der Waals surface area contributed by atoms with E-state index in [1.54, 1.807) is 17.1 Å². The van der Waals surface area contributed by atoms with Crippen LogP contribution in [0.4, 0.5) is 0 Å². The highest BCUT2D eigenvalue weighted by Gasteiger charge is 2.18. The fourth-order valence-corrected chi connectivity index (χ4v) is 3.02. The van der Waals surface area contributed by atoms with Gasteiger partial charge in [-0.2, -0.15) is 5.10 Å². The molecule has 3 rings (SSSR count). The topological polar surface area (TPSA) is 80.1 Å². The Kier molecular flexibility index (Phi) is 5.42. The maximum Gasteiger partial charge on any atom is 0.254 e. The molecule has 25 heavy (non-hydrogen) atoms. The Hall–Kier alpha value is -2.70. The molecule has 0 unspecified atom stereocenters. The number of rotatable bonds is 5. The molecule has 0 aromatic carbocycles. The summed E-state index contributed by atoms with van der Waals surface area (Å²) in [5, 5.41) is 7.14. The molecule has 2 aromatic rings. The second-order valence-electron chi connectivity index (χ2n) is 6.19. The van der Waals surface area contributed by atoms with Gasteiger partial charge in [0.25, 0.3) is 5.91 Å². The van der Waals surface area contributed by atoms with Crippen LogP contribution in [0.15, 0.2) is 30.6 Å². The molecule has 1 aliphatic heterocycles. The quantitative estimate of drug-likeness (QED) is 0.898. The zero-order valence-corrected chi connectivity index (χ0v) is 14.4. The van der Waals surface area contributed by atoms with Crippen molar-refractivity contribution in [3.8, 4) is 5.82 Å². The van der Waals surface area contributed by atoms with E-state index < -0.39 is 0 Å². The van der Waals surface area contributed by atoms with E-state index in [4.69, 9.17) is 0 Å². The molecule has 1 saturated heterocycles. The number of amides is 2. The van der Waals surface area contributed by atoms with Gasteiger partial charge in [0, 0.05) is 32.3 Å². The smallest absolute Gasteiger partial charge is 0.254 e. The van der Waals surface area contributed by atoms with Crippen molar-refractivity contribution in [2.75, 3.05) is 19.6 Å². The third kappa shape index (κ3) is 4.04. The lowest BCUT2D eigenvalue weighted by Crippen LogP contribution is -2.38. The minimum absolute atomic E-state index is 0.179. The molecular formula is C18H23N5O2. The molecule has 3 heterocycles. The van der Waals surface area contributed by atoms with Gasteiger partial charge in [-0.1, -0.05) is 12.5 Å². The number of hydrogen-bond donors (Lipinski definition) is 1. The van der Waals surface area contributed by atoms with Crippen molar-refractivity contribution in [2.24, 2.45) is 0 Å². The summed E-state index contributed by atoms with van der Waals surface area (Å²) in [6.45, 7) is 3.62. The summed E-state index contributed by atoms with van der Waals surface area (Å²) in [6.07, 6.45) is 6.96. The van der Waals surface area contributed by atoms with Crippen molar-refractivity contribution in [3.05, 3.63) is 41.9 Å². The van der Waals surface area contributed by atoms with Crippen molar-refractivity contribution in [1.29, 1.82) is 0 Å². The fraction of sp³-hybridized carbons (Fsp3) is 0.444. The van der Waals surface area contributed by atoms with Crippen LogP contribution in [0.1, 0.15) is 41.7 Å². The van der Waals surface area contributed by atoms with Gasteiger partial charge < -0.3 is 10.2 Å². The summed E-state index contributed by atoms with van der Waals surface area (Å²) >= 11 is 0. The zero-order valence-electron chi connectivity index (χ0n) is 14.4. The maximum atomic E-state index is 12.4. The number of hydrogen-bond acceptors (Lipinski definition) is 4. The van der Waals surface area contributed by atoms with Crippen LogP contribution < -0.4 is 5.32 Å². The van der Waals surface area contributed by atoms with E-state index in [1.807, 2.05) is 30.0 Å². The van der Waals surface area contributed by atoms with E-state index in [1.165, 1.54) is 0 Å². The van der Waals surface area contributed by atoms with E-state index in [-0.39, 0.29) is 11.8 Å². The van der Waals surface area contributed by atoms with Gasteiger partial charge in [0.2, 0.25) is 5.91 Å². The summed E-state index contributed by atoms with van der Waals surface area (Å²) in [4.78, 5) is 30.5. The number of carbonyl (C=O) groups excluding carboxylic acids is 2. The van der Waals surface area contributed by atoms with E-state index in [9.17, 15) is 9.59 Å². The van der Waals surface area contributed by atoms with Crippen molar-refractivity contribution in [1.82, 2.24) is 25.0 Å². The first-order chi connectivity index (χ1) is 12.2. The molecule has 132 valence electrons. The Morgan fingerprint density at radius 2 is 2.16 bits per heavy atom. The van der Waals surface area contributed by atoms with Gasteiger partial charge in [0.05, 0.1) is 17.5 Å². The van der Waals surface area contributed by atoms with Gasteiger partial charge in [-0.25, -0.2) is 9.67 Å². The molecule has 1 aliphatic rings. The number of pyridine rings is 1. The third-order valence-corrected chi connectivity index (χ3v) is 4.46. The third-order valence-electron chi connectivity index (χ3n) is 4.46. The Morgan fingerprint density at radius 1 is 1.28 bits per heavy atom. The molecule has 1 N–H and O–H groups in total. The first-order valence-corrected chi connectivity index (χ1v) is 8.69. The largest absolute Gasteiger partial charge is 0.350 e. The molecule has 2 aromatic heterocycles. The Labute approximate surface area is 147 Å². The van der Waals surface area contributed by atoms with Crippen LogP contribution in [0, 0.1) is 6.92 Å². The standard InChI is InChI=1S/C18H23N5O2/c1-14-15(13-21-23(14)16-7-4-5-9-19-16)18(25)20-10-12-22-11-6-2-3-8-17(22)24/h4-5,7,9,13H,2-3,6,8,10-12H2,1H3,(H,20,25). The molecule has 0 atom stereocenters. The van der Waals surface area contributed by atoms with E-state index in [0.717, 1.165) is 31.5 Å². The molecule has 0 aliphatic carbocycles. The van der Waals surface area contributed by atoms with Gasteiger partial charge in [0.1, 0.15) is 0 Å². The minimum atomic E-state index is -0.179. The van der Waals surface area contributed by atoms with Crippen molar-refractivity contribution in [3.63, 3.8) is 0 Å². The highest BCUT2D eigenvalue weighted by atomic mass is 16.2. The summed E-state index contributed by atoms with van der Waals surface area (Å²) < 4.78 is 1.65. The lowest BCUT2D eigenvalue weighted by molar-refractivity contribution is -0.130. The molecule has 7 nitrogen and oxygen atoms in total. The van der Waals surface area contributed by atoms with Crippen LogP contribution in [-0.4, -0.2) is 51.1 Å². The summed E-state index contributed by atoms with van der Waals surface area (Å²) in [5.74, 6) is 0.682. The summed E-state index contributed by atoms with van der Waals surface area (Å²) in [5.41, 5.74) is 1.26. The van der Waals surface area contributed by atoms with E-state index in [0.29, 0.717) is 30.9 Å². The highest BCUT2D eigenvalue weighted by molar-refractivity contribution is 5.95. The SMILES string of the molecule is Cc1c(C(=O)NCCN2CCCCCC2=O)cnn1-c1ccccn1. The van der Waals surface area contributed by atoms with Gasteiger partial charge >= 0.3 is 0 Å². The van der Waals surface area contributed by atoms with E-state index >= 15 is 0 Å². The van der Waals surface area contributed by atoms with Crippen LogP contribution in [-0.2, 0) is 4.79 Å². The second-order valence-corrected chi connectivity index (χ2v) is 6.19. The van der Waals surface area contributed by atoms with Gasteiger partial charge in [-0.15, -0.1) is 0 Å². The molecule has 0 spiro atoms. The fourth-order valence-electron chi connectivity index (χ4n) is 3.02. The Balaban J connectivity index is 1.59. The summed E-state index contributed by atoms with van der Waals surface area (Å²) in [7, 11) is 0. The van der Waals surface area contributed by atoms with E-state index in [2.05, 4.69) is 15.4 Å². The minimum Gasteiger partial charge on any atom is -0.350 e. The number of likely N-dealkylation sites (tertiary alicyclic amines) is 1. The lowest BCUT2D eigenvalue weighted by Gasteiger charge is -2.20. The first kappa shape index (κ1) is 17.1.